The molecule has 190 valence electrons. The Morgan fingerprint density at radius 3 is 1.97 bits per heavy atom. The first-order valence-electron chi connectivity index (χ1n) is 10.7. The maximum atomic E-state index is 12.0. The molecule has 0 amide bonds. The normalized spacial score (nSPS) is 13.1. The highest BCUT2D eigenvalue weighted by molar-refractivity contribution is 5.75. The van der Waals surface area contributed by atoms with Crippen LogP contribution < -0.4 is 15.2 Å². The van der Waals surface area contributed by atoms with Gasteiger partial charge in [-0.3, -0.25) is 4.79 Å². The fourth-order valence-corrected chi connectivity index (χ4v) is 2.91. The van der Waals surface area contributed by atoms with Crippen molar-refractivity contribution < 1.29 is 52.7 Å². The summed E-state index contributed by atoms with van der Waals surface area (Å²) in [5.41, 5.74) is 6.24. The van der Waals surface area contributed by atoms with E-state index in [-0.39, 0.29) is 31.3 Å². The van der Waals surface area contributed by atoms with Gasteiger partial charge < -0.3 is 39.3 Å². The van der Waals surface area contributed by atoms with Gasteiger partial charge in [0, 0.05) is 5.92 Å². The lowest BCUT2D eigenvalue weighted by molar-refractivity contribution is -0.139. The van der Waals surface area contributed by atoms with E-state index in [9.17, 15) is 24.3 Å². The topological polar surface area (TPSA) is 170 Å². The second kappa shape index (κ2) is 14.6. The Morgan fingerprint density at radius 1 is 0.912 bits per heavy atom. The molecule has 0 aliphatic rings. The van der Waals surface area contributed by atoms with Crippen LogP contribution in [-0.4, -0.2) is 62.5 Å². The number of carbonyl (C=O) groups excluding carboxylic acids is 3. The molecule has 1 aromatic rings. The molecule has 2 unspecified atom stereocenters. The minimum atomic E-state index is -1.41. The molecule has 1 aromatic carbocycles. The number of hydrogen-bond acceptors (Lipinski definition) is 11. The fraction of sp³-hybridized carbons (Fsp3) is 0.545. The summed E-state index contributed by atoms with van der Waals surface area (Å²) in [6, 6.07) is 2.66. The third-order valence-corrected chi connectivity index (χ3v) is 4.50. The second-order valence-electron chi connectivity index (χ2n) is 7.24. The molecule has 0 bridgehead atoms. The maximum Gasteiger partial charge on any atom is 0.513 e. The van der Waals surface area contributed by atoms with Crippen LogP contribution in [0.15, 0.2) is 18.2 Å². The second-order valence-corrected chi connectivity index (χ2v) is 7.24. The first-order chi connectivity index (χ1) is 16.1. The Kier molecular flexibility index (Phi) is 12.2. The van der Waals surface area contributed by atoms with Crippen molar-refractivity contribution in [3.05, 3.63) is 23.8 Å². The zero-order valence-electron chi connectivity index (χ0n) is 19.6. The first-order valence-corrected chi connectivity index (χ1v) is 10.7. The molecule has 0 aliphatic heterocycles. The van der Waals surface area contributed by atoms with Crippen LogP contribution in [0.3, 0.4) is 0 Å². The summed E-state index contributed by atoms with van der Waals surface area (Å²) < 4.78 is 29.5. The van der Waals surface area contributed by atoms with E-state index in [0.29, 0.717) is 18.4 Å². The summed E-state index contributed by atoms with van der Waals surface area (Å²) in [5.74, 6) is -3.15. The van der Waals surface area contributed by atoms with Crippen LogP contribution in [0.4, 0.5) is 14.4 Å². The molecule has 0 fully saturated rings. The van der Waals surface area contributed by atoms with Gasteiger partial charge in [-0.15, -0.1) is 0 Å². The monoisotopic (exact) mass is 485 g/mol. The number of benzene rings is 1. The SMILES string of the molecule is CCCOC(=O)Oc1ccc(C(C(C)COC(=O)OC)[C@H](N)C(=O)O)cc1OC(=O)OCCC. The summed E-state index contributed by atoms with van der Waals surface area (Å²) in [4.78, 5) is 46.9. The van der Waals surface area contributed by atoms with Crippen LogP contribution in [0.5, 0.6) is 11.5 Å². The average molecular weight is 485 g/mol. The molecule has 0 aliphatic carbocycles. The third-order valence-electron chi connectivity index (χ3n) is 4.50. The number of carboxylic acids is 1. The molecule has 0 aromatic heterocycles. The number of aliphatic carboxylic acids is 1. The van der Waals surface area contributed by atoms with E-state index in [1.807, 2.05) is 0 Å². The zero-order chi connectivity index (χ0) is 25.7. The standard InChI is InChI=1S/C22H31NO11/c1-5-9-30-21(27)33-15-8-7-14(11-16(15)34-22(28)31-10-6-2)17(18(23)19(24)25)13(3)12-32-20(26)29-4/h7-8,11,13,17-18H,5-6,9-10,12,23H2,1-4H3,(H,24,25)/t13?,17?,18-/m0/s1. The largest absolute Gasteiger partial charge is 0.513 e. The van der Waals surface area contributed by atoms with Crippen molar-refractivity contribution in [3.8, 4) is 11.5 Å². The van der Waals surface area contributed by atoms with E-state index in [1.54, 1.807) is 20.8 Å². The quantitative estimate of drug-likeness (QED) is 0.251. The lowest BCUT2D eigenvalue weighted by Crippen LogP contribution is -2.40. The van der Waals surface area contributed by atoms with Crippen molar-refractivity contribution in [1.82, 2.24) is 0 Å². The van der Waals surface area contributed by atoms with Crippen LogP contribution in [0, 0.1) is 5.92 Å². The van der Waals surface area contributed by atoms with Crippen molar-refractivity contribution in [3.63, 3.8) is 0 Å². The van der Waals surface area contributed by atoms with Crippen LogP contribution in [-0.2, 0) is 23.7 Å². The number of hydrogen-bond donors (Lipinski definition) is 2. The summed E-state index contributed by atoms with van der Waals surface area (Å²) in [6.07, 6.45) is -1.88. The van der Waals surface area contributed by atoms with Gasteiger partial charge in [0.1, 0.15) is 6.04 Å². The highest BCUT2D eigenvalue weighted by Gasteiger charge is 2.33. The summed E-state index contributed by atoms with van der Waals surface area (Å²) in [7, 11) is 1.14. The predicted octanol–water partition coefficient (Wildman–Crippen LogP) is 3.45. The maximum absolute atomic E-state index is 12.0. The molecule has 0 radical (unpaired) electrons. The number of rotatable bonds is 12. The van der Waals surface area contributed by atoms with Gasteiger partial charge in [-0.05, 0) is 36.5 Å². The predicted molar refractivity (Wildman–Crippen MR) is 117 cm³/mol. The number of nitrogens with two attached hydrogens (primary N) is 1. The summed E-state index contributed by atoms with van der Waals surface area (Å²) in [5, 5.41) is 9.51. The zero-order valence-corrected chi connectivity index (χ0v) is 19.6. The molecule has 34 heavy (non-hydrogen) atoms. The van der Waals surface area contributed by atoms with E-state index >= 15 is 0 Å². The first kappa shape index (κ1) is 28.5. The molecule has 3 N–H and O–H groups in total. The van der Waals surface area contributed by atoms with Crippen LogP contribution in [0.2, 0.25) is 0 Å². The Labute approximate surface area is 197 Å². The van der Waals surface area contributed by atoms with Crippen molar-refractivity contribution in [2.24, 2.45) is 11.7 Å². The Morgan fingerprint density at radius 2 is 1.47 bits per heavy atom. The van der Waals surface area contributed by atoms with Crippen molar-refractivity contribution >= 4 is 24.4 Å². The molecule has 0 spiro atoms. The van der Waals surface area contributed by atoms with Crippen molar-refractivity contribution in [2.45, 2.75) is 45.6 Å². The molecule has 0 saturated heterocycles. The number of carboxylic acid groups (broad SMARTS) is 1. The molecule has 0 heterocycles. The van der Waals surface area contributed by atoms with Gasteiger partial charge in [0.05, 0.1) is 26.9 Å². The molecule has 3 atom stereocenters. The number of ether oxygens (including phenoxy) is 6. The van der Waals surface area contributed by atoms with Crippen LogP contribution in [0.1, 0.15) is 45.1 Å². The van der Waals surface area contributed by atoms with Gasteiger partial charge in [0.2, 0.25) is 0 Å². The number of carbonyl (C=O) groups is 4. The van der Waals surface area contributed by atoms with E-state index in [4.69, 9.17) is 29.4 Å². The van der Waals surface area contributed by atoms with E-state index in [2.05, 4.69) is 4.74 Å². The molecular weight excluding hydrogens is 454 g/mol. The molecule has 1 rings (SSSR count). The Balaban J connectivity index is 3.32. The van der Waals surface area contributed by atoms with Gasteiger partial charge in [0.25, 0.3) is 0 Å². The number of methoxy groups -OCH3 is 1. The molecule has 12 nitrogen and oxygen atoms in total. The average Bonchev–Trinajstić information content (AvgIpc) is 2.81. The molecule has 0 saturated carbocycles. The van der Waals surface area contributed by atoms with Crippen molar-refractivity contribution in [1.29, 1.82) is 0 Å². The van der Waals surface area contributed by atoms with Gasteiger partial charge in [-0.1, -0.05) is 26.8 Å². The third kappa shape index (κ3) is 9.14. The van der Waals surface area contributed by atoms with E-state index < -0.39 is 42.3 Å². The van der Waals surface area contributed by atoms with Gasteiger partial charge in [-0.25, -0.2) is 14.4 Å². The smallest absolute Gasteiger partial charge is 0.480 e. The minimum Gasteiger partial charge on any atom is -0.480 e. The molecular formula is C22H31NO11. The Hall–Kier alpha value is -3.54. The fourth-order valence-electron chi connectivity index (χ4n) is 2.91. The Bertz CT molecular complexity index is 842. The minimum absolute atomic E-state index is 0.0989. The van der Waals surface area contributed by atoms with Crippen LogP contribution >= 0.6 is 0 Å². The van der Waals surface area contributed by atoms with E-state index in [1.165, 1.54) is 18.2 Å². The van der Waals surface area contributed by atoms with Crippen molar-refractivity contribution in [2.75, 3.05) is 26.9 Å². The van der Waals surface area contributed by atoms with Gasteiger partial charge in [-0.2, -0.15) is 0 Å². The lowest BCUT2D eigenvalue weighted by atomic mass is 9.82. The summed E-state index contributed by atoms with van der Waals surface area (Å²) >= 11 is 0. The van der Waals surface area contributed by atoms with Gasteiger partial charge in [0.15, 0.2) is 11.5 Å². The lowest BCUT2D eigenvalue weighted by Gasteiger charge is -2.27. The van der Waals surface area contributed by atoms with Crippen LogP contribution in [0.25, 0.3) is 0 Å². The summed E-state index contributed by atoms with van der Waals surface area (Å²) in [6.45, 7) is 5.24. The molecule has 12 heteroatoms. The highest BCUT2D eigenvalue weighted by atomic mass is 16.7. The highest BCUT2D eigenvalue weighted by Crippen LogP contribution is 2.36. The van der Waals surface area contributed by atoms with Gasteiger partial charge >= 0.3 is 24.4 Å². The van der Waals surface area contributed by atoms with E-state index in [0.717, 1.165) is 7.11 Å².